The number of hydrogen-bond acceptors (Lipinski definition) is 3. The molecule has 0 aliphatic carbocycles. The number of nitrogens with one attached hydrogen (secondary N) is 1. The molecular weight excluding hydrogens is 316 g/mol. The van der Waals surface area contributed by atoms with E-state index in [0.29, 0.717) is 12.1 Å². The van der Waals surface area contributed by atoms with Crippen LogP contribution in [0.5, 0.6) is 0 Å². The fraction of sp³-hybridized carbons (Fsp3) is 0.625. The van der Waals surface area contributed by atoms with Crippen molar-refractivity contribution in [2.45, 2.75) is 31.4 Å². The molecule has 1 aliphatic heterocycles. The number of methoxy groups -OCH3 is 1. The van der Waals surface area contributed by atoms with Crippen LogP contribution in [0.25, 0.3) is 0 Å². The molecule has 0 aromatic heterocycles. The van der Waals surface area contributed by atoms with Crippen LogP contribution in [0.3, 0.4) is 0 Å². The van der Waals surface area contributed by atoms with Crippen molar-refractivity contribution in [3.63, 3.8) is 0 Å². The zero-order valence-electron chi connectivity index (χ0n) is 12.4. The number of benzene rings is 1. The number of ether oxygens (including phenoxy) is 1. The highest BCUT2D eigenvalue weighted by atomic mass is 79.9. The van der Waals surface area contributed by atoms with Crippen LogP contribution in [-0.4, -0.2) is 44.8 Å². The lowest BCUT2D eigenvalue weighted by Crippen LogP contribution is -2.38. The SMILES string of the molecule is CNC(CCN1CCC(OC)CC1)c1ccc(Br)cc1. The lowest BCUT2D eigenvalue weighted by atomic mass is 10.0. The van der Waals surface area contributed by atoms with Gasteiger partial charge in [0.1, 0.15) is 0 Å². The Bertz CT molecular complexity index is 388. The minimum atomic E-state index is 0.434. The van der Waals surface area contributed by atoms with Gasteiger partial charge in [-0.05, 0) is 50.6 Å². The van der Waals surface area contributed by atoms with E-state index in [-0.39, 0.29) is 0 Å². The Balaban J connectivity index is 1.81. The molecule has 2 rings (SSSR count). The molecule has 0 bridgehead atoms. The Kier molecular flexibility index (Phi) is 6.49. The monoisotopic (exact) mass is 340 g/mol. The summed E-state index contributed by atoms with van der Waals surface area (Å²) in [6.45, 7) is 3.47. The second-order valence-corrected chi connectivity index (χ2v) is 6.37. The zero-order chi connectivity index (χ0) is 14.4. The van der Waals surface area contributed by atoms with E-state index >= 15 is 0 Å². The number of rotatable bonds is 6. The predicted octanol–water partition coefficient (Wildman–Crippen LogP) is 3.21. The number of halogens is 1. The molecule has 1 aromatic carbocycles. The smallest absolute Gasteiger partial charge is 0.0595 e. The number of hydrogen-bond donors (Lipinski definition) is 1. The maximum absolute atomic E-state index is 5.42. The fourth-order valence-corrected chi connectivity index (χ4v) is 3.12. The van der Waals surface area contributed by atoms with Gasteiger partial charge >= 0.3 is 0 Å². The van der Waals surface area contributed by atoms with E-state index in [1.54, 1.807) is 0 Å². The second kappa shape index (κ2) is 8.13. The number of nitrogens with zero attached hydrogens (tertiary/aromatic N) is 1. The first-order valence-electron chi connectivity index (χ1n) is 7.41. The summed E-state index contributed by atoms with van der Waals surface area (Å²) < 4.78 is 6.56. The Morgan fingerprint density at radius 1 is 1.30 bits per heavy atom. The van der Waals surface area contributed by atoms with Gasteiger partial charge in [-0.25, -0.2) is 0 Å². The van der Waals surface area contributed by atoms with Gasteiger partial charge < -0.3 is 15.0 Å². The zero-order valence-corrected chi connectivity index (χ0v) is 14.0. The molecule has 112 valence electrons. The first-order valence-corrected chi connectivity index (χ1v) is 8.20. The van der Waals surface area contributed by atoms with E-state index in [0.717, 1.165) is 30.5 Å². The van der Waals surface area contributed by atoms with Crippen molar-refractivity contribution in [2.24, 2.45) is 0 Å². The molecule has 1 unspecified atom stereocenters. The minimum Gasteiger partial charge on any atom is -0.381 e. The Labute approximate surface area is 130 Å². The van der Waals surface area contributed by atoms with Crippen LogP contribution in [0.2, 0.25) is 0 Å². The van der Waals surface area contributed by atoms with Crippen molar-refractivity contribution < 1.29 is 4.74 Å². The molecule has 0 amide bonds. The van der Waals surface area contributed by atoms with E-state index in [9.17, 15) is 0 Å². The first kappa shape index (κ1) is 16.0. The number of likely N-dealkylation sites (tertiary alicyclic amines) is 1. The van der Waals surface area contributed by atoms with Gasteiger partial charge in [0.2, 0.25) is 0 Å². The maximum atomic E-state index is 5.42. The van der Waals surface area contributed by atoms with Gasteiger partial charge in [-0.1, -0.05) is 28.1 Å². The molecular formula is C16H25BrN2O. The third-order valence-corrected chi connectivity index (χ3v) is 4.75. The summed E-state index contributed by atoms with van der Waals surface area (Å²) in [7, 11) is 3.87. The molecule has 0 radical (unpaired) electrons. The molecule has 4 heteroatoms. The third-order valence-electron chi connectivity index (χ3n) is 4.22. The Morgan fingerprint density at radius 2 is 1.95 bits per heavy atom. The van der Waals surface area contributed by atoms with Crippen LogP contribution in [0.1, 0.15) is 30.9 Å². The van der Waals surface area contributed by atoms with Crippen LogP contribution >= 0.6 is 15.9 Å². The normalized spacial score (nSPS) is 19.1. The fourth-order valence-electron chi connectivity index (χ4n) is 2.85. The first-order chi connectivity index (χ1) is 9.72. The summed E-state index contributed by atoms with van der Waals surface area (Å²) in [5.74, 6) is 0. The highest BCUT2D eigenvalue weighted by Gasteiger charge is 2.19. The molecule has 1 N–H and O–H groups in total. The molecule has 1 atom stereocenters. The highest BCUT2D eigenvalue weighted by Crippen LogP contribution is 2.21. The van der Waals surface area contributed by atoms with Crippen molar-refractivity contribution >= 4 is 15.9 Å². The van der Waals surface area contributed by atoms with E-state index in [4.69, 9.17) is 4.74 Å². The average Bonchev–Trinajstić information content (AvgIpc) is 2.50. The summed E-state index contributed by atoms with van der Waals surface area (Å²) >= 11 is 3.49. The molecule has 1 fully saturated rings. The Hall–Kier alpha value is -0.420. The predicted molar refractivity (Wildman–Crippen MR) is 87.0 cm³/mol. The maximum Gasteiger partial charge on any atom is 0.0595 e. The molecule has 1 saturated heterocycles. The minimum absolute atomic E-state index is 0.434. The van der Waals surface area contributed by atoms with Crippen LogP contribution in [0, 0.1) is 0 Å². The van der Waals surface area contributed by atoms with Crippen molar-refractivity contribution in [2.75, 3.05) is 33.8 Å². The molecule has 1 aromatic rings. The quantitative estimate of drug-likeness (QED) is 0.860. The molecule has 1 heterocycles. The summed E-state index contributed by atoms with van der Waals surface area (Å²) in [5, 5.41) is 3.43. The van der Waals surface area contributed by atoms with Crippen molar-refractivity contribution in [3.05, 3.63) is 34.3 Å². The lowest BCUT2D eigenvalue weighted by Gasteiger charge is -2.32. The topological polar surface area (TPSA) is 24.5 Å². The van der Waals surface area contributed by atoms with Crippen molar-refractivity contribution in [1.82, 2.24) is 10.2 Å². The van der Waals surface area contributed by atoms with E-state index in [2.05, 4.69) is 50.4 Å². The summed E-state index contributed by atoms with van der Waals surface area (Å²) in [6, 6.07) is 9.06. The van der Waals surface area contributed by atoms with Crippen LogP contribution in [-0.2, 0) is 4.74 Å². The van der Waals surface area contributed by atoms with Gasteiger partial charge in [-0.2, -0.15) is 0 Å². The van der Waals surface area contributed by atoms with Gasteiger partial charge in [-0.3, -0.25) is 0 Å². The molecule has 1 aliphatic rings. The summed E-state index contributed by atoms with van der Waals surface area (Å²) in [4.78, 5) is 2.55. The van der Waals surface area contributed by atoms with E-state index in [1.807, 2.05) is 14.2 Å². The van der Waals surface area contributed by atoms with E-state index in [1.165, 1.54) is 18.4 Å². The molecule has 0 spiro atoms. The highest BCUT2D eigenvalue weighted by molar-refractivity contribution is 9.10. The second-order valence-electron chi connectivity index (χ2n) is 5.46. The van der Waals surface area contributed by atoms with Crippen LogP contribution in [0.4, 0.5) is 0 Å². The molecule has 0 saturated carbocycles. The largest absolute Gasteiger partial charge is 0.381 e. The third kappa shape index (κ3) is 4.55. The lowest BCUT2D eigenvalue weighted by molar-refractivity contribution is 0.0401. The van der Waals surface area contributed by atoms with Gasteiger partial charge in [-0.15, -0.1) is 0 Å². The van der Waals surface area contributed by atoms with Crippen LogP contribution in [0.15, 0.2) is 28.7 Å². The van der Waals surface area contributed by atoms with Gasteiger partial charge in [0.25, 0.3) is 0 Å². The van der Waals surface area contributed by atoms with Crippen LogP contribution < -0.4 is 5.32 Å². The number of piperidine rings is 1. The standard InChI is InChI=1S/C16H25BrN2O/c1-18-16(13-3-5-14(17)6-4-13)9-12-19-10-7-15(20-2)8-11-19/h3-6,15-16,18H,7-12H2,1-2H3. The Morgan fingerprint density at radius 3 is 2.50 bits per heavy atom. The molecule has 20 heavy (non-hydrogen) atoms. The van der Waals surface area contributed by atoms with E-state index < -0.39 is 0 Å². The van der Waals surface area contributed by atoms with Crippen molar-refractivity contribution in [3.8, 4) is 0 Å². The summed E-state index contributed by atoms with van der Waals surface area (Å²) in [5.41, 5.74) is 1.36. The summed E-state index contributed by atoms with van der Waals surface area (Å²) in [6.07, 6.45) is 3.95. The van der Waals surface area contributed by atoms with Gasteiger partial charge in [0, 0.05) is 30.7 Å². The van der Waals surface area contributed by atoms with Gasteiger partial charge in [0.05, 0.1) is 6.10 Å². The van der Waals surface area contributed by atoms with Crippen molar-refractivity contribution in [1.29, 1.82) is 0 Å². The average molecular weight is 341 g/mol. The molecule has 3 nitrogen and oxygen atoms in total. The van der Waals surface area contributed by atoms with Gasteiger partial charge in [0.15, 0.2) is 0 Å².